The van der Waals surface area contributed by atoms with E-state index in [2.05, 4.69) is 16.4 Å². The highest BCUT2D eigenvalue weighted by Crippen LogP contribution is 2.41. The molecular weight excluding hydrogens is 408 g/mol. The molecule has 2 amide bonds. The topological polar surface area (TPSA) is 102 Å². The van der Waals surface area contributed by atoms with Crippen LogP contribution in [0.15, 0.2) is 41.3 Å². The van der Waals surface area contributed by atoms with Crippen molar-refractivity contribution in [2.45, 2.75) is 19.4 Å². The minimum absolute atomic E-state index is 0.0340. The van der Waals surface area contributed by atoms with Gasteiger partial charge in [-0.2, -0.15) is 0 Å². The molecule has 7 nitrogen and oxygen atoms in total. The quantitative estimate of drug-likeness (QED) is 0.649. The van der Waals surface area contributed by atoms with Gasteiger partial charge in [0.1, 0.15) is 17.2 Å². The van der Waals surface area contributed by atoms with Crippen LogP contribution in [0.3, 0.4) is 0 Å². The number of aromatic hydroxyl groups is 1. The van der Waals surface area contributed by atoms with Crippen molar-refractivity contribution in [1.29, 1.82) is 0 Å². The molecule has 0 bridgehead atoms. The first-order valence-electron chi connectivity index (χ1n) is 9.98. The number of benzene rings is 1. The number of hydrogen-bond donors (Lipinski definition) is 3. The Morgan fingerprint density at radius 1 is 1.29 bits per heavy atom. The van der Waals surface area contributed by atoms with E-state index in [0.717, 1.165) is 18.7 Å². The number of carbonyl (C=O) groups excluding carboxylic acids is 2. The molecule has 1 aliphatic heterocycles. The Hall–Kier alpha value is -3.49. The molecule has 2 aliphatic rings. The second-order valence-electron chi connectivity index (χ2n) is 7.80. The number of H-pyrrole nitrogens is 1. The molecule has 1 aromatic carbocycles. The van der Waals surface area contributed by atoms with E-state index >= 15 is 0 Å². The number of carbonyl (C=O) groups is 2. The zero-order valence-corrected chi connectivity index (χ0v) is 16.5. The molecule has 1 unspecified atom stereocenters. The number of nitrogens with one attached hydrogen (secondary N) is 2. The number of amides is 2. The van der Waals surface area contributed by atoms with E-state index in [1.807, 2.05) is 6.08 Å². The van der Waals surface area contributed by atoms with Crippen molar-refractivity contribution in [3.63, 3.8) is 0 Å². The van der Waals surface area contributed by atoms with Gasteiger partial charge >= 0.3 is 0 Å². The largest absolute Gasteiger partial charge is 0.503 e. The van der Waals surface area contributed by atoms with Crippen molar-refractivity contribution in [3.8, 4) is 5.75 Å². The molecule has 31 heavy (non-hydrogen) atoms. The summed E-state index contributed by atoms with van der Waals surface area (Å²) >= 11 is 0. The van der Waals surface area contributed by atoms with Gasteiger partial charge in [0, 0.05) is 37.5 Å². The lowest BCUT2D eigenvalue weighted by Gasteiger charge is -2.23. The fourth-order valence-corrected chi connectivity index (χ4v) is 3.72. The fraction of sp³-hybridized carbons (Fsp3) is 0.318. The summed E-state index contributed by atoms with van der Waals surface area (Å²) in [6.07, 6.45) is 6.94. The first kappa shape index (κ1) is 20.8. The molecule has 0 spiro atoms. The molecule has 1 aromatic heterocycles. The van der Waals surface area contributed by atoms with Crippen molar-refractivity contribution in [2.24, 2.45) is 11.8 Å². The number of hydrogen-bond acceptors (Lipinski definition) is 4. The Kier molecular flexibility index (Phi) is 5.58. The Balaban J connectivity index is 1.48. The van der Waals surface area contributed by atoms with Crippen LogP contribution in [0, 0.1) is 23.5 Å². The average Bonchev–Trinajstić information content (AvgIpc) is 3.45. The Morgan fingerprint density at radius 2 is 2.10 bits per heavy atom. The summed E-state index contributed by atoms with van der Waals surface area (Å²) in [5.41, 5.74) is -1.66. The van der Waals surface area contributed by atoms with Crippen molar-refractivity contribution in [2.75, 3.05) is 13.1 Å². The number of halogens is 2. The SMILES string of the molecule is O=C(NCc1ccc(F)cc1F)c1c[nH]c(C(=O)N2CC/C=C\C3C[C@H]3C2)c(O)c1=O. The molecular formula is C22H21F2N3O4. The maximum Gasteiger partial charge on any atom is 0.274 e. The average molecular weight is 429 g/mol. The Bertz CT molecular complexity index is 1130. The van der Waals surface area contributed by atoms with E-state index in [0.29, 0.717) is 37.4 Å². The summed E-state index contributed by atoms with van der Waals surface area (Å²) in [7, 11) is 0. The summed E-state index contributed by atoms with van der Waals surface area (Å²) < 4.78 is 26.7. The lowest BCUT2D eigenvalue weighted by Crippen LogP contribution is -2.36. The predicted octanol–water partition coefficient (Wildman–Crippen LogP) is 2.33. The number of rotatable bonds is 4. The third-order valence-corrected chi connectivity index (χ3v) is 5.64. The lowest BCUT2D eigenvalue weighted by atomic mass is 10.1. The van der Waals surface area contributed by atoms with Gasteiger partial charge in [0.05, 0.1) is 0 Å². The first-order chi connectivity index (χ1) is 14.8. The molecule has 2 atom stereocenters. The van der Waals surface area contributed by atoms with Crippen LogP contribution >= 0.6 is 0 Å². The molecule has 1 aliphatic carbocycles. The molecule has 2 heterocycles. The Labute approximate surface area is 176 Å². The second kappa shape index (κ2) is 8.33. The fourth-order valence-electron chi connectivity index (χ4n) is 3.72. The molecule has 1 fully saturated rings. The van der Waals surface area contributed by atoms with E-state index < -0.39 is 40.2 Å². The molecule has 1 saturated carbocycles. The number of aromatic nitrogens is 1. The van der Waals surface area contributed by atoms with Gasteiger partial charge in [0.15, 0.2) is 11.4 Å². The molecule has 162 valence electrons. The molecule has 9 heteroatoms. The van der Waals surface area contributed by atoms with Gasteiger partial charge in [-0.05, 0) is 30.7 Å². The van der Waals surface area contributed by atoms with Crippen LogP contribution in [0.5, 0.6) is 5.75 Å². The minimum atomic E-state index is -1.00. The first-order valence-corrected chi connectivity index (χ1v) is 9.98. The van der Waals surface area contributed by atoms with Crippen molar-refractivity contribution in [1.82, 2.24) is 15.2 Å². The predicted molar refractivity (Wildman–Crippen MR) is 108 cm³/mol. The van der Waals surface area contributed by atoms with Gasteiger partial charge in [-0.25, -0.2) is 8.78 Å². The van der Waals surface area contributed by atoms with Crippen molar-refractivity contribution >= 4 is 11.8 Å². The maximum absolute atomic E-state index is 13.7. The van der Waals surface area contributed by atoms with Gasteiger partial charge in [0.25, 0.3) is 11.8 Å². The monoisotopic (exact) mass is 429 g/mol. The summed E-state index contributed by atoms with van der Waals surface area (Å²) in [4.78, 5) is 41.9. The standard InChI is InChI=1S/C22H21F2N3O4/c23-15-5-4-13(17(24)8-15)9-26-21(30)16-10-25-18(20(29)19(16)28)22(31)27-6-2-1-3-12-7-14(12)11-27/h1,3-5,8,10,12,14,29H,2,6-7,9,11H2,(H,25,28)(H,26,30)/b3-1-/t12?,14-/m0/s1. The highest BCUT2D eigenvalue weighted by Gasteiger charge is 2.38. The summed E-state index contributed by atoms with van der Waals surface area (Å²) in [5.74, 6) is -2.93. The van der Waals surface area contributed by atoms with Gasteiger partial charge in [0.2, 0.25) is 5.43 Å². The lowest BCUT2D eigenvalue weighted by molar-refractivity contribution is 0.0737. The van der Waals surface area contributed by atoms with E-state index in [1.54, 1.807) is 4.90 Å². The normalized spacial score (nSPS) is 20.9. The van der Waals surface area contributed by atoms with E-state index in [-0.39, 0.29) is 17.8 Å². The van der Waals surface area contributed by atoms with Gasteiger partial charge in [-0.15, -0.1) is 0 Å². The van der Waals surface area contributed by atoms with Crippen molar-refractivity contribution in [3.05, 3.63) is 75.2 Å². The van der Waals surface area contributed by atoms with Crippen LogP contribution in [-0.4, -0.2) is 39.9 Å². The summed E-state index contributed by atoms with van der Waals surface area (Å²) in [6.45, 7) is 0.724. The van der Waals surface area contributed by atoms with Crippen LogP contribution in [-0.2, 0) is 6.54 Å². The highest BCUT2D eigenvalue weighted by molar-refractivity contribution is 5.98. The zero-order valence-electron chi connectivity index (χ0n) is 16.5. The third kappa shape index (κ3) is 4.35. The molecule has 0 radical (unpaired) electrons. The van der Waals surface area contributed by atoms with E-state index in [1.165, 1.54) is 6.07 Å². The van der Waals surface area contributed by atoms with Crippen LogP contribution in [0.4, 0.5) is 8.78 Å². The van der Waals surface area contributed by atoms with Crippen LogP contribution in [0.25, 0.3) is 0 Å². The zero-order chi connectivity index (χ0) is 22.1. The van der Waals surface area contributed by atoms with Crippen LogP contribution < -0.4 is 10.7 Å². The van der Waals surface area contributed by atoms with Crippen molar-refractivity contribution < 1.29 is 23.5 Å². The summed E-state index contributed by atoms with van der Waals surface area (Å²) in [6, 6.07) is 2.91. The van der Waals surface area contributed by atoms with Gasteiger partial charge in [-0.3, -0.25) is 14.4 Å². The molecule has 2 aromatic rings. The van der Waals surface area contributed by atoms with E-state index in [9.17, 15) is 28.3 Å². The molecule has 4 rings (SSSR count). The Morgan fingerprint density at radius 3 is 2.87 bits per heavy atom. The minimum Gasteiger partial charge on any atom is -0.503 e. The van der Waals surface area contributed by atoms with Crippen LogP contribution in [0.1, 0.15) is 39.3 Å². The van der Waals surface area contributed by atoms with E-state index in [4.69, 9.17) is 0 Å². The van der Waals surface area contributed by atoms with Gasteiger partial charge in [-0.1, -0.05) is 18.2 Å². The number of nitrogens with zero attached hydrogens (tertiary/aromatic N) is 1. The molecule has 3 N–H and O–H groups in total. The number of aromatic amines is 1. The smallest absolute Gasteiger partial charge is 0.274 e. The summed E-state index contributed by atoms with van der Waals surface area (Å²) in [5, 5.41) is 12.7. The maximum atomic E-state index is 13.7. The highest BCUT2D eigenvalue weighted by atomic mass is 19.1. The number of allylic oxidation sites excluding steroid dienone is 1. The van der Waals surface area contributed by atoms with Gasteiger partial charge < -0.3 is 20.3 Å². The molecule has 0 saturated heterocycles. The number of pyridine rings is 1. The van der Waals surface area contributed by atoms with Crippen LogP contribution in [0.2, 0.25) is 0 Å². The number of fused-ring (bicyclic) bond motifs is 1. The third-order valence-electron chi connectivity index (χ3n) is 5.64. The second-order valence-corrected chi connectivity index (χ2v) is 7.80.